The molecule has 3 nitrogen and oxygen atoms in total. The van der Waals surface area contributed by atoms with Crippen LogP contribution in [0.4, 0.5) is 0 Å². The van der Waals surface area contributed by atoms with Gasteiger partial charge in [0.05, 0.1) is 11.0 Å². The quantitative estimate of drug-likeness (QED) is 0.809. The van der Waals surface area contributed by atoms with Gasteiger partial charge in [0.2, 0.25) is 0 Å². The van der Waals surface area contributed by atoms with E-state index >= 15 is 0 Å². The minimum absolute atomic E-state index is 0.148. The topological polar surface area (TPSA) is 66.9 Å². The van der Waals surface area contributed by atoms with Crippen LogP contribution in [0.1, 0.15) is 46.5 Å². The van der Waals surface area contributed by atoms with E-state index in [1.54, 1.807) is 12.2 Å². The molecule has 2 rings (SSSR count). The molecule has 122 valence electrons. The van der Waals surface area contributed by atoms with E-state index in [0.717, 1.165) is 31.3 Å². The minimum Gasteiger partial charge on any atom is -0.330 e. The fourth-order valence-electron chi connectivity index (χ4n) is 4.65. The second kappa shape index (κ2) is 6.34. The summed E-state index contributed by atoms with van der Waals surface area (Å²) in [6.45, 7) is 7.32. The van der Waals surface area contributed by atoms with Crippen molar-refractivity contribution in [1.82, 2.24) is 0 Å². The third-order valence-corrected chi connectivity index (χ3v) is 5.78. The molecule has 0 spiro atoms. The predicted octanol–water partition coefficient (Wildman–Crippen LogP) is 3.38. The van der Waals surface area contributed by atoms with Gasteiger partial charge in [-0.15, -0.1) is 6.42 Å². The number of carbonyl (C=O) groups excluding carboxylic acids is 1. The molecule has 0 aliphatic heterocycles. The molecule has 1 saturated carbocycles. The van der Waals surface area contributed by atoms with Gasteiger partial charge < -0.3 is 5.73 Å². The Morgan fingerprint density at radius 3 is 2.74 bits per heavy atom. The lowest BCUT2D eigenvalue weighted by atomic mass is 9.50. The molecular formula is C20H26N2O. The lowest BCUT2D eigenvalue weighted by molar-refractivity contribution is -0.111. The zero-order chi connectivity index (χ0) is 17.3. The molecule has 0 radical (unpaired) electrons. The number of ketones is 1. The first kappa shape index (κ1) is 17.5. The van der Waals surface area contributed by atoms with E-state index in [0.29, 0.717) is 18.4 Å². The van der Waals surface area contributed by atoms with Crippen LogP contribution in [0, 0.1) is 46.3 Å². The zero-order valence-electron chi connectivity index (χ0n) is 14.4. The monoisotopic (exact) mass is 310 g/mol. The van der Waals surface area contributed by atoms with Gasteiger partial charge in [-0.25, -0.2) is 0 Å². The molecule has 0 saturated heterocycles. The van der Waals surface area contributed by atoms with Crippen molar-refractivity contribution < 1.29 is 4.79 Å². The first-order chi connectivity index (χ1) is 10.8. The van der Waals surface area contributed by atoms with Crippen molar-refractivity contribution >= 4 is 5.78 Å². The zero-order valence-corrected chi connectivity index (χ0v) is 14.4. The molecule has 0 aromatic carbocycles. The molecule has 0 heterocycles. The van der Waals surface area contributed by atoms with E-state index in [1.807, 2.05) is 6.07 Å². The van der Waals surface area contributed by atoms with Crippen molar-refractivity contribution in [3.8, 4) is 18.4 Å². The SMILES string of the molecule is C#CC12C=C(C#N)C(=O)C=C1C(C)(CCCN)C(C(C)C)CC2. The van der Waals surface area contributed by atoms with Crippen LogP contribution in [0.3, 0.4) is 0 Å². The maximum Gasteiger partial charge on any atom is 0.196 e. The summed E-state index contributed by atoms with van der Waals surface area (Å²) in [6.07, 6.45) is 12.9. The van der Waals surface area contributed by atoms with Crippen molar-refractivity contribution in [2.45, 2.75) is 46.5 Å². The molecule has 23 heavy (non-hydrogen) atoms. The summed E-state index contributed by atoms with van der Waals surface area (Å²) in [4.78, 5) is 12.3. The number of hydrogen-bond donors (Lipinski definition) is 1. The third-order valence-electron chi connectivity index (χ3n) is 5.78. The predicted molar refractivity (Wildman–Crippen MR) is 92.0 cm³/mol. The Morgan fingerprint density at radius 1 is 1.52 bits per heavy atom. The molecule has 0 bridgehead atoms. The minimum atomic E-state index is -0.590. The first-order valence-electron chi connectivity index (χ1n) is 8.42. The highest BCUT2D eigenvalue weighted by Crippen LogP contribution is 2.59. The lowest BCUT2D eigenvalue weighted by Gasteiger charge is -2.53. The van der Waals surface area contributed by atoms with Gasteiger partial charge in [0.25, 0.3) is 0 Å². The second-order valence-corrected chi connectivity index (χ2v) is 7.41. The molecule has 2 aliphatic rings. The molecule has 1 fully saturated rings. The van der Waals surface area contributed by atoms with Gasteiger partial charge >= 0.3 is 0 Å². The summed E-state index contributed by atoms with van der Waals surface area (Å²) in [7, 11) is 0. The van der Waals surface area contributed by atoms with Gasteiger partial charge in [0.15, 0.2) is 5.78 Å². The number of nitrogens with two attached hydrogens (primary N) is 1. The van der Waals surface area contributed by atoms with E-state index in [-0.39, 0.29) is 16.8 Å². The Kier molecular flexibility index (Phi) is 4.83. The van der Waals surface area contributed by atoms with Gasteiger partial charge in [0, 0.05) is 0 Å². The Bertz CT molecular complexity index is 644. The van der Waals surface area contributed by atoms with E-state index in [1.165, 1.54) is 0 Å². The molecule has 0 aromatic rings. The number of nitriles is 1. The van der Waals surface area contributed by atoms with Gasteiger partial charge in [-0.3, -0.25) is 4.79 Å². The molecule has 0 aromatic heterocycles. The summed E-state index contributed by atoms with van der Waals surface area (Å²) in [5.74, 6) is 3.67. The normalized spacial score (nSPS) is 33.3. The molecule has 0 amide bonds. The van der Waals surface area contributed by atoms with Crippen molar-refractivity contribution in [2.24, 2.45) is 28.4 Å². The van der Waals surface area contributed by atoms with Crippen LogP contribution >= 0.6 is 0 Å². The van der Waals surface area contributed by atoms with Crippen LogP contribution in [-0.4, -0.2) is 12.3 Å². The van der Waals surface area contributed by atoms with E-state index < -0.39 is 5.41 Å². The standard InChI is InChI=1S/C20H26N2O/c1-5-20-9-7-16(14(2)3)19(4,8-6-10-21)18(20)11-17(23)15(12-20)13-22/h1,11-12,14,16H,6-10,21H2,2-4H3. The van der Waals surface area contributed by atoms with E-state index in [9.17, 15) is 10.1 Å². The Morgan fingerprint density at radius 2 is 2.22 bits per heavy atom. The maximum atomic E-state index is 12.3. The Balaban J connectivity index is 2.59. The van der Waals surface area contributed by atoms with E-state index in [4.69, 9.17) is 12.2 Å². The maximum absolute atomic E-state index is 12.3. The number of hydrogen-bond acceptors (Lipinski definition) is 3. The van der Waals surface area contributed by atoms with Gasteiger partial charge in [0.1, 0.15) is 6.07 Å². The van der Waals surface area contributed by atoms with Gasteiger partial charge in [-0.2, -0.15) is 5.26 Å². The molecule has 3 heteroatoms. The first-order valence-corrected chi connectivity index (χ1v) is 8.42. The molecular weight excluding hydrogens is 284 g/mol. The summed E-state index contributed by atoms with van der Waals surface area (Å²) in [6, 6.07) is 2.00. The highest BCUT2D eigenvalue weighted by molar-refractivity contribution is 6.09. The molecule has 2 N–H and O–H groups in total. The van der Waals surface area contributed by atoms with Crippen LogP contribution in [0.25, 0.3) is 0 Å². The lowest BCUT2D eigenvalue weighted by Crippen LogP contribution is -2.46. The number of allylic oxidation sites excluding steroid dienone is 4. The largest absolute Gasteiger partial charge is 0.330 e. The van der Waals surface area contributed by atoms with E-state index in [2.05, 4.69) is 26.7 Å². The summed E-state index contributed by atoms with van der Waals surface area (Å²) in [5.41, 5.74) is 6.21. The number of terminal acetylenes is 1. The number of carbonyl (C=O) groups is 1. The van der Waals surface area contributed by atoms with Gasteiger partial charge in [-0.1, -0.05) is 26.7 Å². The molecule has 2 aliphatic carbocycles. The number of nitrogens with zero attached hydrogens (tertiary/aromatic N) is 1. The highest BCUT2D eigenvalue weighted by atomic mass is 16.1. The average molecular weight is 310 g/mol. The summed E-state index contributed by atoms with van der Waals surface area (Å²) in [5, 5.41) is 9.22. The summed E-state index contributed by atoms with van der Waals surface area (Å²) >= 11 is 0. The number of fused-ring (bicyclic) bond motifs is 1. The van der Waals surface area contributed by atoms with Crippen LogP contribution in [0.15, 0.2) is 23.3 Å². The molecule has 3 atom stereocenters. The van der Waals surface area contributed by atoms with Crippen LogP contribution in [0.5, 0.6) is 0 Å². The average Bonchev–Trinajstić information content (AvgIpc) is 2.53. The number of rotatable bonds is 4. The van der Waals surface area contributed by atoms with Gasteiger partial charge in [-0.05, 0) is 67.2 Å². The van der Waals surface area contributed by atoms with Crippen LogP contribution < -0.4 is 5.73 Å². The van der Waals surface area contributed by atoms with Crippen LogP contribution in [0.2, 0.25) is 0 Å². The third kappa shape index (κ3) is 2.75. The van der Waals surface area contributed by atoms with Crippen molar-refractivity contribution in [1.29, 1.82) is 5.26 Å². The van der Waals surface area contributed by atoms with Crippen molar-refractivity contribution in [3.63, 3.8) is 0 Å². The van der Waals surface area contributed by atoms with Crippen molar-refractivity contribution in [3.05, 3.63) is 23.3 Å². The fraction of sp³-hybridized carbons (Fsp3) is 0.600. The smallest absolute Gasteiger partial charge is 0.196 e. The molecule has 3 unspecified atom stereocenters. The Hall–Kier alpha value is -1.84. The highest BCUT2D eigenvalue weighted by Gasteiger charge is 2.52. The Labute approximate surface area is 139 Å². The fourth-order valence-corrected chi connectivity index (χ4v) is 4.65. The summed E-state index contributed by atoms with van der Waals surface area (Å²) < 4.78 is 0. The van der Waals surface area contributed by atoms with Crippen molar-refractivity contribution in [2.75, 3.05) is 6.54 Å². The second-order valence-electron chi connectivity index (χ2n) is 7.41. The van der Waals surface area contributed by atoms with Crippen LogP contribution in [-0.2, 0) is 4.79 Å².